The molecule has 0 spiro atoms. The molecule has 0 bridgehead atoms. The molecular weight excluding hydrogens is 210 g/mol. The molecule has 2 N–H and O–H groups in total. The molecule has 17 heavy (non-hydrogen) atoms. The third-order valence-corrected chi connectivity index (χ3v) is 2.87. The molecule has 0 aliphatic rings. The molecule has 0 saturated heterocycles. The van der Waals surface area contributed by atoms with Crippen LogP contribution >= 0.6 is 0 Å². The van der Waals surface area contributed by atoms with Crippen LogP contribution in [-0.2, 0) is 0 Å². The molecule has 3 heteroatoms. The molecule has 0 radical (unpaired) electrons. The van der Waals surface area contributed by atoms with Crippen LogP contribution in [-0.4, -0.2) is 24.1 Å². The second-order valence-corrected chi connectivity index (χ2v) is 4.44. The van der Waals surface area contributed by atoms with Crippen molar-refractivity contribution in [2.45, 2.75) is 19.9 Å². The van der Waals surface area contributed by atoms with Gasteiger partial charge in [-0.25, -0.2) is 4.98 Å². The SMILES string of the molecule is CC(C)N(CCN)c1ccc2ccccc2n1. The van der Waals surface area contributed by atoms with Gasteiger partial charge < -0.3 is 10.6 Å². The van der Waals surface area contributed by atoms with Gasteiger partial charge in [0.25, 0.3) is 0 Å². The van der Waals surface area contributed by atoms with E-state index >= 15 is 0 Å². The summed E-state index contributed by atoms with van der Waals surface area (Å²) in [6.07, 6.45) is 0. The number of fused-ring (bicyclic) bond motifs is 1. The minimum Gasteiger partial charge on any atom is -0.353 e. The lowest BCUT2D eigenvalue weighted by molar-refractivity contribution is 0.676. The molecule has 0 aliphatic heterocycles. The molecule has 0 fully saturated rings. The number of aromatic nitrogens is 1. The quantitative estimate of drug-likeness (QED) is 0.875. The van der Waals surface area contributed by atoms with Crippen molar-refractivity contribution in [2.75, 3.05) is 18.0 Å². The number of pyridine rings is 1. The Kier molecular flexibility index (Phi) is 3.59. The van der Waals surface area contributed by atoms with E-state index in [4.69, 9.17) is 5.73 Å². The second kappa shape index (κ2) is 5.15. The molecule has 2 rings (SSSR count). The van der Waals surface area contributed by atoms with E-state index in [-0.39, 0.29) is 0 Å². The topological polar surface area (TPSA) is 42.1 Å². The summed E-state index contributed by atoms with van der Waals surface area (Å²) in [6.45, 7) is 5.80. The van der Waals surface area contributed by atoms with Crippen LogP contribution in [0.5, 0.6) is 0 Å². The van der Waals surface area contributed by atoms with Crippen LogP contribution in [0.2, 0.25) is 0 Å². The molecule has 0 saturated carbocycles. The fraction of sp³-hybridized carbons (Fsp3) is 0.357. The van der Waals surface area contributed by atoms with E-state index in [9.17, 15) is 0 Å². The number of anilines is 1. The van der Waals surface area contributed by atoms with Crippen LogP contribution in [0, 0.1) is 0 Å². The van der Waals surface area contributed by atoms with Crippen molar-refractivity contribution >= 4 is 16.7 Å². The van der Waals surface area contributed by atoms with Gasteiger partial charge in [0.05, 0.1) is 5.52 Å². The maximum absolute atomic E-state index is 5.65. The molecular formula is C14H19N3. The van der Waals surface area contributed by atoms with Gasteiger partial charge in [-0.15, -0.1) is 0 Å². The molecule has 1 aromatic heterocycles. The predicted molar refractivity (Wildman–Crippen MR) is 73.3 cm³/mol. The molecule has 1 aromatic carbocycles. The minimum atomic E-state index is 0.409. The summed E-state index contributed by atoms with van der Waals surface area (Å²) in [5.74, 6) is 1.00. The number of hydrogen-bond acceptors (Lipinski definition) is 3. The van der Waals surface area contributed by atoms with Crippen LogP contribution < -0.4 is 10.6 Å². The average molecular weight is 229 g/mol. The molecule has 0 amide bonds. The second-order valence-electron chi connectivity index (χ2n) is 4.44. The molecule has 2 aromatic rings. The lowest BCUT2D eigenvalue weighted by Crippen LogP contribution is -2.35. The summed E-state index contributed by atoms with van der Waals surface area (Å²) in [5.41, 5.74) is 6.68. The van der Waals surface area contributed by atoms with Crippen molar-refractivity contribution < 1.29 is 0 Å². The molecule has 1 heterocycles. The standard InChI is InChI=1S/C14H19N3/c1-11(2)17(10-9-15)14-8-7-12-5-3-4-6-13(12)16-14/h3-8,11H,9-10,15H2,1-2H3. The van der Waals surface area contributed by atoms with Gasteiger partial charge in [-0.2, -0.15) is 0 Å². The van der Waals surface area contributed by atoms with Crippen molar-refractivity contribution in [3.63, 3.8) is 0 Å². The Morgan fingerprint density at radius 2 is 1.94 bits per heavy atom. The smallest absolute Gasteiger partial charge is 0.129 e. The van der Waals surface area contributed by atoms with Crippen LogP contribution in [0.4, 0.5) is 5.82 Å². The largest absolute Gasteiger partial charge is 0.353 e. The Morgan fingerprint density at radius 3 is 2.65 bits per heavy atom. The Morgan fingerprint density at radius 1 is 1.18 bits per heavy atom. The highest BCUT2D eigenvalue weighted by Gasteiger charge is 2.10. The van der Waals surface area contributed by atoms with Gasteiger partial charge in [0.1, 0.15) is 5.82 Å². The van der Waals surface area contributed by atoms with Crippen LogP contribution in [0.3, 0.4) is 0 Å². The number of nitrogens with zero attached hydrogens (tertiary/aromatic N) is 2. The van der Waals surface area contributed by atoms with Crippen LogP contribution in [0.1, 0.15) is 13.8 Å². The van der Waals surface area contributed by atoms with Crippen molar-refractivity contribution in [3.05, 3.63) is 36.4 Å². The third-order valence-electron chi connectivity index (χ3n) is 2.87. The molecule has 3 nitrogen and oxygen atoms in total. The summed E-state index contributed by atoms with van der Waals surface area (Å²) >= 11 is 0. The average Bonchev–Trinajstić information content (AvgIpc) is 2.35. The van der Waals surface area contributed by atoms with E-state index in [0.717, 1.165) is 17.9 Å². The van der Waals surface area contributed by atoms with E-state index in [2.05, 4.69) is 41.9 Å². The van der Waals surface area contributed by atoms with Crippen LogP contribution in [0.15, 0.2) is 36.4 Å². The highest BCUT2D eigenvalue weighted by molar-refractivity contribution is 5.80. The maximum atomic E-state index is 5.65. The normalized spacial score (nSPS) is 11.1. The van der Waals surface area contributed by atoms with Gasteiger partial charge in [0.2, 0.25) is 0 Å². The van der Waals surface area contributed by atoms with Crippen molar-refractivity contribution in [1.82, 2.24) is 4.98 Å². The van der Waals surface area contributed by atoms with Crippen molar-refractivity contribution in [2.24, 2.45) is 5.73 Å². The summed E-state index contributed by atoms with van der Waals surface area (Å²) in [5, 5.41) is 1.17. The van der Waals surface area contributed by atoms with Gasteiger partial charge in [-0.3, -0.25) is 0 Å². The van der Waals surface area contributed by atoms with Gasteiger partial charge in [0.15, 0.2) is 0 Å². The zero-order chi connectivity index (χ0) is 12.3. The number of benzene rings is 1. The van der Waals surface area contributed by atoms with E-state index in [1.54, 1.807) is 0 Å². The predicted octanol–water partition coefficient (Wildman–Crippen LogP) is 2.41. The Balaban J connectivity index is 2.40. The Hall–Kier alpha value is -1.61. The highest BCUT2D eigenvalue weighted by atomic mass is 15.2. The summed E-state index contributed by atoms with van der Waals surface area (Å²) in [7, 11) is 0. The van der Waals surface area contributed by atoms with Gasteiger partial charge in [0, 0.05) is 24.5 Å². The maximum Gasteiger partial charge on any atom is 0.129 e. The number of para-hydroxylation sites is 1. The highest BCUT2D eigenvalue weighted by Crippen LogP contribution is 2.19. The summed E-state index contributed by atoms with van der Waals surface area (Å²) in [6, 6.07) is 12.8. The van der Waals surface area contributed by atoms with Gasteiger partial charge in [-0.1, -0.05) is 18.2 Å². The van der Waals surface area contributed by atoms with Crippen LogP contribution in [0.25, 0.3) is 10.9 Å². The molecule has 0 aliphatic carbocycles. The van der Waals surface area contributed by atoms with Gasteiger partial charge in [-0.05, 0) is 32.0 Å². The number of rotatable bonds is 4. The number of hydrogen-bond donors (Lipinski definition) is 1. The van der Waals surface area contributed by atoms with Gasteiger partial charge >= 0.3 is 0 Å². The Bertz CT molecular complexity index is 494. The molecule has 90 valence electrons. The van der Waals surface area contributed by atoms with E-state index < -0.39 is 0 Å². The summed E-state index contributed by atoms with van der Waals surface area (Å²) in [4.78, 5) is 6.91. The van der Waals surface area contributed by atoms with E-state index in [1.807, 2.05) is 18.2 Å². The fourth-order valence-electron chi connectivity index (χ4n) is 1.99. The first-order valence-electron chi connectivity index (χ1n) is 6.05. The fourth-order valence-corrected chi connectivity index (χ4v) is 1.99. The van der Waals surface area contributed by atoms with E-state index in [1.165, 1.54) is 5.39 Å². The minimum absolute atomic E-state index is 0.409. The molecule has 0 unspecified atom stereocenters. The first-order chi connectivity index (χ1) is 8.22. The zero-order valence-electron chi connectivity index (χ0n) is 10.4. The first-order valence-corrected chi connectivity index (χ1v) is 6.05. The van der Waals surface area contributed by atoms with Crippen molar-refractivity contribution in [1.29, 1.82) is 0 Å². The molecule has 0 atom stereocenters. The van der Waals surface area contributed by atoms with Crippen molar-refractivity contribution in [3.8, 4) is 0 Å². The first kappa shape index (κ1) is 11.9. The Labute approximate surface area is 102 Å². The lowest BCUT2D eigenvalue weighted by atomic mass is 10.2. The summed E-state index contributed by atoms with van der Waals surface area (Å²) < 4.78 is 0. The third kappa shape index (κ3) is 2.56. The zero-order valence-corrected chi connectivity index (χ0v) is 10.4. The monoisotopic (exact) mass is 229 g/mol. The van der Waals surface area contributed by atoms with E-state index in [0.29, 0.717) is 12.6 Å². The lowest BCUT2D eigenvalue weighted by Gasteiger charge is -2.27. The number of nitrogens with two attached hydrogens (primary N) is 1.